The predicted molar refractivity (Wildman–Crippen MR) is 69.0 cm³/mol. The molecule has 0 radical (unpaired) electrons. The average Bonchev–Trinajstić information content (AvgIpc) is 2.81. The van der Waals surface area contributed by atoms with E-state index in [9.17, 15) is 0 Å². The summed E-state index contributed by atoms with van der Waals surface area (Å²) in [6.45, 7) is 0.689. The molecule has 3 aromatic rings. The summed E-state index contributed by atoms with van der Waals surface area (Å²) >= 11 is 1.48. The summed E-state index contributed by atoms with van der Waals surface area (Å²) in [5, 5.41) is 5.59. The zero-order valence-electron chi connectivity index (χ0n) is 9.00. The molecule has 0 aliphatic heterocycles. The SMILES string of the molecule is c1ccc2c(NCc3ccncn3)snc2c1. The lowest BCUT2D eigenvalue weighted by Crippen LogP contribution is -2.00. The van der Waals surface area contributed by atoms with Crippen LogP contribution in [0.5, 0.6) is 0 Å². The Kier molecular flexibility index (Phi) is 2.67. The van der Waals surface area contributed by atoms with Gasteiger partial charge in [-0.1, -0.05) is 12.1 Å². The first-order chi connectivity index (χ1) is 8.43. The van der Waals surface area contributed by atoms with E-state index in [1.807, 2.05) is 24.3 Å². The van der Waals surface area contributed by atoms with Gasteiger partial charge in [0.15, 0.2) is 0 Å². The van der Waals surface area contributed by atoms with E-state index in [1.54, 1.807) is 12.5 Å². The van der Waals surface area contributed by atoms with Gasteiger partial charge >= 0.3 is 0 Å². The highest BCUT2D eigenvalue weighted by molar-refractivity contribution is 7.11. The normalized spacial score (nSPS) is 10.6. The third kappa shape index (κ3) is 2.09. The molecule has 4 nitrogen and oxygen atoms in total. The Morgan fingerprint density at radius 2 is 2.12 bits per heavy atom. The summed E-state index contributed by atoms with van der Waals surface area (Å²) in [7, 11) is 0. The second kappa shape index (κ2) is 4.47. The Morgan fingerprint density at radius 3 is 3.00 bits per heavy atom. The van der Waals surface area contributed by atoms with Gasteiger partial charge in [0.05, 0.1) is 17.8 Å². The molecule has 84 valence electrons. The summed E-state index contributed by atoms with van der Waals surface area (Å²) in [4.78, 5) is 8.06. The molecule has 3 rings (SSSR count). The maximum absolute atomic E-state index is 4.38. The third-order valence-corrected chi connectivity index (χ3v) is 3.29. The number of nitrogens with one attached hydrogen (secondary N) is 1. The van der Waals surface area contributed by atoms with Gasteiger partial charge in [0, 0.05) is 11.6 Å². The summed E-state index contributed by atoms with van der Waals surface area (Å²) in [6, 6.07) is 10.0. The highest BCUT2D eigenvalue weighted by Crippen LogP contribution is 2.27. The smallest absolute Gasteiger partial charge is 0.117 e. The number of benzene rings is 1. The first-order valence-electron chi connectivity index (χ1n) is 5.26. The number of nitrogens with zero attached hydrogens (tertiary/aromatic N) is 3. The van der Waals surface area contributed by atoms with E-state index in [0.29, 0.717) is 6.54 Å². The van der Waals surface area contributed by atoms with Crippen LogP contribution in [0.4, 0.5) is 5.00 Å². The fourth-order valence-corrected chi connectivity index (χ4v) is 2.37. The Balaban J connectivity index is 1.82. The van der Waals surface area contributed by atoms with Crippen molar-refractivity contribution in [3.63, 3.8) is 0 Å². The lowest BCUT2D eigenvalue weighted by Gasteiger charge is -2.02. The molecular weight excluding hydrogens is 232 g/mol. The first-order valence-corrected chi connectivity index (χ1v) is 6.04. The molecular formula is C12H10N4S. The van der Waals surface area contributed by atoms with Crippen molar-refractivity contribution >= 4 is 27.4 Å². The second-order valence-electron chi connectivity index (χ2n) is 3.58. The van der Waals surface area contributed by atoms with E-state index in [-0.39, 0.29) is 0 Å². The van der Waals surface area contributed by atoms with Crippen LogP contribution in [0.1, 0.15) is 5.69 Å². The molecule has 1 N–H and O–H groups in total. The van der Waals surface area contributed by atoms with Crippen LogP contribution in [-0.4, -0.2) is 14.3 Å². The Morgan fingerprint density at radius 1 is 1.18 bits per heavy atom. The van der Waals surface area contributed by atoms with Crippen LogP contribution in [0.15, 0.2) is 42.9 Å². The van der Waals surface area contributed by atoms with Crippen LogP contribution in [0.2, 0.25) is 0 Å². The van der Waals surface area contributed by atoms with Crippen molar-refractivity contribution in [1.82, 2.24) is 14.3 Å². The van der Waals surface area contributed by atoms with Gasteiger partial charge in [-0.3, -0.25) is 0 Å². The molecule has 2 aromatic heterocycles. The highest BCUT2D eigenvalue weighted by Gasteiger charge is 2.04. The number of aromatic nitrogens is 3. The van der Waals surface area contributed by atoms with E-state index >= 15 is 0 Å². The van der Waals surface area contributed by atoms with E-state index in [0.717, 1.165) is 21.6 Å². The summed E-state index contributed by atoms with van der Waals surface area (Å²) < 4.78 is 4.38. The van der Waals surface area contributed by atoms with E-state index in [1.165, 1.54) is 11.5 Å². The molecule has 17 heavy (non-hydrogen) atoms. The maximum atomic E-state index is 4.38. The van der Waals surface area contributed by atoms with Crippen LogP contribution in [0.25, 0.3) is 10.9 Å². The van der Waals surface area contributed by atoms with Crippen molar-refractivity contribution < 1.29 is 0 Å². The van der Waals surface area contributed by atoms with Crippen LogP contribution < -0.4 is 5.32 Å². The number of hydrogen-bond donors (Lipinski definition) is 1. The molecule has 0 spiro atoms. The van der Waals surface area contributed by atoms with Gasteiger partial charge in [-0.2, -0.15) is 4.37 Å². The first kappa shape index (κ1) is 10.2. The Labute approximate surface area is 103 Å². The molecule has 2 heterocycles. The van der Waals surface area contributed by atoms with Gasteiger partial charge in [-0.05, 0) is 29.7 Å². The van der Waals surface area contributed by atoms with Gasteiger partial charge in [0.1, 0.15) is 11.3 Å². The van der Waals surface area contributed by atoms with Crippen molar-refractivity contribution in [2.75, 3.05) is 5.32 Å². The molecule has 0 aliphatic carbocycles. The summed E-state index contributed by atoms with van der Waals surface area (Å²) in [5.41, 5.74) is 2.00. The monoisotopic (exact) mass is 242 g/mol. The van der Waals surface area contributed by atoms with Crippen molar-refractivity contribution in [3.05, 3.63) is 48.5 Å². The quantitative estimate of drug-likeness (QED) is 0.767. The largest absolute Gasteiger partial charge is 0.369 e. The molecule has 0 aliphatic rings. The van der Waals surface area contributed by atoms with Gasteiger partial charge < -0.3 is 5.32 Å². The minimum Gasteiger partial charge on any atom is -0.369 e. The van der Waals surface area contributed by atoms with Gasteiger partial charge in [0.25, 0.3) is 0 Å². The average molecular weight is 242 g/mol. The van der Waals surface area contributed by atoms with Gasteiger partial charge in [-0.15, -0.1) is 0 Å². The van der Waals surface area contributed by atoms with Crippen molar-refractivity contribution in [3.8, 4) is 0 Å². The molecule has 0 fully saturated rings. The van der Waals surface area contributed by atoms with Gasteiger partial charge in [0.2, 0.25) is 0 Å². The molecule has 0 bridgehead atoms. The van der Waals surface area contributed by atoms with Crippen molar-refractivity contribution in [2.24, 2.45) is 0 Å². The molecule has 0 saturated heterocycles. The standard InChI is InChI=1S/C12H10N4S/c1-2-4-11-10(3-1)12(17-16-11)14-7-9-5-6-13-8-15-9/h1-6,8,14H,7H2. The predicted octanol–water partition coefficient (Wildman–Crippen LogP) is 2.70. The third-order valence-electron chi connectivity index (χ3n) is 2.46. The number of fused-ring (bicyclic) bond motifs is 1. The van der Waals surface area contributed by atoms with Gasteiger partial charge in [-0.25, -0.2) is 9.97 Å². The fourth-order valence-electron chi connectivity index (χ4n) is 1.61. The van der Waals surface area contributed by atoms with E-state index < -0.39 is 0 Å². The molecule has 0 amide bonds. The minimum atomic E-state index is 0.689. The fraction of sp³-hybridized carbons (Fsp3) is 0.0833. The lowest BCUT2D eigenvalue weighted by molar-refractivity contribution is 1.01. The van der Waals surface area contributed by atoms with E-state index in [4.69, 9.17) is 0 Å². The number of hydrogen-bond acceptors (Lipinski definition) is 5. The van der Waals surface area contributed by atoms with Crippen LogP contribution >= 0.6 is 11.5 Å². The molecule has 1 aromatic carbocycles. The molecule has 0 unspecified atom stereocenters. The summed E-state index contributed by atoms with van der Waals surface area (Å²) in [6.07, 6.45) is 3.30. The Hall–Kier alpha value is -2.01. The van der Waals surface area contributed by atoms with Crippen molar-refractivity contribution in [2.45, 2.75) is 6.54 Å². The van der Waals surface area contributed by atoms with Crippen molar-refractivity contribution in [1.29, 1.82) is 0 Å². The van der Waals surface area contributed by atoms with E-state index in [2.05, 4.69) is 25.7 Å². The van der Waals surface area contributed by atoms with Crippen LogP contribution in [0.3, 0.4) is 0 Å². The topological polar surface area (TPSA) is 50.7 Å². The lowest BCUT2D eigenvalue weighted by atomic mass is 10.2. The number of anilines is 1. The Bertz CT molecular complexity index is 620. The van der Waals surface area contributed by atoms with Crippen LogP contribution in [0, 0.1) is 0 Å². The zero-order valence-corrected chi connectivity index (χ0v) is 9.81. The molecule has 0 atom stereocenters. The second-order valence-corrected chi connectivity index (χ2v) is 4.36. The number of rotatable bonds is 3. The highest BCUT2D eigenvalue weighted by atomic mass is 32.1. The van der Waals surface area contributed by atoms with Crippen LogP contribution in [-0.2, 0) is 6.54 Å². The molecule has 0 saturated carbocycles. The molecule has 5 heteroatoms. The maximum Gasteiger partial charge on any atom is 0.117 e. The zero-order chi connectivity index (χ0) is 11.5. The minimum absolute atomic E-state index is 0.689. The summed E-state index contributed by atoms with van der Waals surface area (Å²) in [5.74, 6) is 0.